The predicted octanol–water partition coefficient (Wildman–Crippen LogP) is 4.91. The Morgan fingerprint density at radius 2 is 1.44 bits per heavy atom. The van der Waals surface area contributed by atoms with Gasteiger partial charge in [-0.2, -0.15) is 0 Å². The van der Waals surface area contributed by atoms with Crippen LogP contribution in [-0.4, -0.2) is 82.3 Å². The van der Waals surface area contributed by atoms with Crippen molar-refractivity contribution in [1.82, 2.24) is 19.3 Å². The van der Waals surface area contributed by atoms with Crippen LogP contribution >= 0.6 is 11.6 Å². The van der Waals surface area contributed by atoms with Crippen molar-refractivity contribution in [3.63, 3.8) is 0 Å². The molecule has 2 aliphatic rings. The van der Waals surface area contributed by atoms with E-state index >= 15 is 0 Å². The van der Waals surface area contributed by atoms with Crippen molar-refractivity contribution in [2.24, 2.45) is 0 Å². The van der Waals surface area contributed by atoms with Gasteiger partial charge < -0.3 is 14.4 Å². The molecule has 2 fully saturated rings. The van der Waals surface area contributed by atoms with Crippen LogP contribution in [0.5, 0.6) is 0 Å². The number of aromatic nitrogens is 1. The lowest BCUT2D eigenvalue weighted by atomic mass is 10.1. The molecule has 0 radical (unpaired) electrons. The smallest absolute Gasteiger partial charge is 0.270 e. The molecule has 0 atom stereocenters. The number of halogens is 3. The normalized spacial score (nSPS) is 19.4. The number of piperidine rings is 1. The molecule has 4 rings (SSSR count). The van der Waals surface area contributed by atoms with Crippen molar-refractivity contribution in [3.8, 4) is 0 Å². The van der Waals surface area contributed by atoms with Crippen molar-refractivity contribution in [2.75, 3.05) is 39.3 Å². The molecule has 1 aromatic heterocycles. The molecule has 0 unspecified atom stereocenters. The SMILES string of the molecule is CC(C)N1CCN(C(=O)c2cc3cc(C(=O)N4CCC(F)(F)CC4)n(C(C)C)c3cc2Cl)CC1. The topological polar surface area (TPSA) is 48.8 Å². The van der Waals surface area contributed by atoms with Crippen molar-refractivity contribution in [1.29, 1.82) is 0 Å². The van der Waals surface area contributed by atoms with Crippen LogP contribution in [0.3, 0.4) is 0 Å². The quantitative estimate of drug-likeness (QED) is 0.606. The highest BCUT2D eigenvalue weighted by molar-refractivity contribution is 6.34. The third-order valence-electron chi connectivity index (χ3n) is 7.01. The van der Waals surface area contributed by atoms with E-state index in [4.69, 9.17) is 11.6 Å². The number of hydrogen-bond acceptors (Lipinski definition) is 3. The average molecular weight is 495 g/mol. The minimum Gasteiger partial charge on any atom is -0.337 e. The summed E-state index contributed by atoms with van der Waals surface area (Å²) < 4.78 is 29.1. The van der Waals surface area contributed by atoms with E-state index in [9.17, 15) is 18.4 Å². The van der Waals surface area contributed by atoms with Crippen LogP contribution in [0.4, 0.5) is 8.78 Å². The van der Waals surface area contributed by atoms with Crippen LogP contribution < -0.4 is 0 Å². The molecule has 0 bridgehead atoms. The molecule has 2 aliphatic heterocycles. The van der Waals surface area contributed by atoms with Crippen molar-refractivity contribution < 1.29 is 18.4 Å². The van der Waals surface area contributed by atoms with Gasteiger partial charge in [-0.1, -0.05) is 11.6 Å². The van der Waals surface area contributed by atoms with Crippen molar-refractivity contribution in [3.05, 3.63) is 34.5 Å². The summed E-state index contributed by atoms with van der Waals surface area (Å²) in [4.78, 5) is 32.2. The predicted molar refractivity (Wildman–Crippen MR) is 130 cm³/mol. The highest BCUT2D eigenvalue weighted by atomic mass is 35.5. The minimum absolute atomic E-state index is 0.0261. The monoisotopic (exact) mass is 494 g/mol. The number of nitrogens with zero attached hydrogens (tertiary/aromatic N) is 4. The Kier molecular flexibility index (Phi) is 6.93. The highest BCUT2D eigenvalue weighted by Crippen LogP contribution is 2.33. The Balaban J connectivity index is 1.63. The average Bonchev–Trinajstić information content (AvgIpc) is 3.16. The van der Waals surface area contributed by atoms with Gasteiger partial charge in [0.2, 0.25) is 0 Å². The molecule has 0 saturated carbocycles. The van der Waals surface area contributed by atoms with Crippen molar-refractivity contribution >= 4 is 34.3 Å². The summed E-state index contributed by atoms with van der Waals surface area (Å²) in [7, 11) is 0. The van der Waals surface area contributed by atoms with Gasteiger partial charge in [-0.25, -0.2) is 8.78 Å². The number of carbonyl (C=O) groups excluding carboxylic acids is 2. The summed E-state index contributed by atoms with van der Waals surface area (Å²) in [5.41, 5.74) is 1.61. The number of likely N-dealkylation sites (tertiary alicyclic amines) is 1. The Hall–Kier alpha value is -2.19. The van der Waals surface area contributed by atoms with Crippen LogP contribution in [0.15, 0.2) is 18.2 Å². The Morgan fingerprint density at radius 1 is 0.853 bits per heavy atom. The Labute approximate surface area is 204 Å². The van der Waals surface area contributed by atoms with Gasteiger partial charge in [0.25, 0.3) is 17.7 Å². The maximum Gasteiger partial charge on any atom is 0.270 e. The Morgan fingerprint density at radius 3 is 2.00 bits per heavy atom. The van der Waals surface area contributed by atoms with Gasteiger partial charge >= 0.3 is 0 Å². The zero-order valence-electron chi connectivity index (χ0n) is 20.3. The number of hydrogen-bond donors (Lipinski definition) is 0. The van der Waals surface area contributed by atoms with Gasteiger partial charge in [0.1, 0.15) is 5.69 Å². The summed E-state index contributed by atoms with van der Waals surface area (Å²) in [6, 6.07) is 5.65. The van der Waals surface area contributed by atoms with E-state index in [1.54, 1.807) is 18.2 Å². The standard InChI is InChI=1S/C25H33ClF2N4O2/c1-16(2)29-9-11-31(12-10-29)23(33)19-13-18-14-22(32(17(3)4)21(18)15-20(19)26)24(34)30-7-5-25(27,28)6-8-30/h13-17H,5-12H2,1-4H3. The maximum absolute atomic E-state index is 13.6. The van der Waals surface area contributed by atoms with E-state index in [1.807, 2.05) is 23.3 Å². The van der Waals surface area contributed by atoms with Gasteiger partial charge in [-0.15, -0.1) is 0 Å². The van der Waals surface area contributed by atoms with Gasteiger partial charge in [-0.05, 0) is 45.9 Å². The molecule has 2 saturated heterocycles. The number of rotatable bonds is 4. The molecule has 9 heteroatoms. The van der Waals surface area contributed by atoms with E-state index in [0.717, 1.165) is 24.0 Å². The summed E-state index contributed by atoms with van der Waals surface area (Å²) in [6.45, 7) is 11.2. The van der Waals surface area contributed by atoms with Crippen LogP contribution in [-0.2, 0) is 0 Å². The van der Waals surface area contributed by atoms with E-state index in [2.05, 4.69) is 18.7 Å². The van der Waals surface area contributed by atoms with Crippen LogP contribution in [0.25, 0.3) is 10.9 Å². The molecule has 0 aliphatic carbocycles. The minimum atomic E-state index is -2.72. The molecule has 0 spiro atoms. The van der Waals surface area contributed by atoms with E-state index < -0.39 is 5.92 Å². The summed E-state index contributed by atoms with van der Waals surface area (Å²) in [6.07, 6.45) is -0.648. The molecule has 0 N–H and O–H groups in total. The molecule has 3 heterocycles. The fraction of sp³-hybridized carbons (Fsp3) is 0.600. The number of benzene rings is 1. The lowest BCUT2D eigenvalue weighted by molar-refractivity contribution is -0.0495. The lowest BCUT2D eigenvalue weighted by Gasteiger charge is -2.37. The fourth-order valence-corrected chi connectivity index (χ4v) is 5.18. The second-order valence-electron chi connectivity index (χ2n) is 9.95. The molecule has 1 aromatic carbocycles. The summed E-state index contributed by atoms with van der Waals surface area (Å²) >= 11 is 6.59. The van der Waals surface area contributed by atoms with E-state index in [0.29, 0.717) is 35.4 Å². The molecule has 186 valence electrons. The number of carbonyl (C=O) groups is 2. The number of alkyl halides is 2. The maximum atomic E-state index is 13.6. The zero-order chi connectivity index (χ0) is 24.8. The molecule has 2 aromatic rings. The van der Waals surface area contributed by atoms with Gasteiger partial charge in [0.15, 0.2) is 0 Å². The highest BCUT2D eigenvalue weighted by Gasteiger charge is 2.37. The third-order valence-corrected chi connectivity index (χ3v) is 7.32. The lowest BCUT2D eigenvalue weighted by Crippen LogP contribution is -2.50. The molecule has 2 amide bonds. The van der Waals surface area contributed by atoms with Crippen LogP contribution in [0.2, 0.25) is 5.02 Å². The molecular weight excluding hydrogens is 462 g/mol. The third kappa shape index (κ3) is 4.80. The number of piperazine rings is 1. The first kappa shape index (κ1) is 24.9. The second kappa shape index (κ2) is 9.46. The first-order valence-electron chi connectivity index (χ1n) is 12.0. The van der Waals surface area contributed by atoms with Crippen molar-refractivity contribution in [2.45, 2.75) is 58.5 Å². The van der Waals surface area contributed by atoms with Gasteiger partial charge in [0, 0.05) is 69.6 Å². The van der Waals surface area contributed by atoms with Crippen LogP contribution in [0, 0.1) is 0 Å². The fourth-order valence-electron chi connectivity index (χ4n) is 4.95. The Bertz CT molecular complexity index is 1080. The first-order chi connectivity index (χ1) is 16.0. The second-order valence-corrected chi connectivity index (χ2v) is 10.4. The summed E-state index contributed by atoms with van der Waals surface area (Å²) in [5.74, 6) is -3.10. The summed E-state index contributed by atoms with van der Waals surface area (Å²) in [5, 5.41) is 1.09. The number of fused-ring (bicyclic) bond motifs is 1. The van der Waals surface area contributed by atoms with E-state index in [1.165, 1.54) is 4.90 Å². The molecule has 34 heavy (non-hydrogen) atoms. The van der Waals surface area contributed by atoms with Crippen LogP contribution in [0.1, 0.15) is 67.4 Å². The van der Waals surface area contributed by atoms with Gasteiger partial charge in [-0.3, -0.25) is 14.5 Å². The zero-order valence-corrected chi connectivity index (χ0v) is 21.0. The molecule has 6 nitrogen and oxygen atoms in total. The number of amides is 2. The first-order valence-corrected chi connectivity index (χ1v) is 12.4. The largest absolute Gasteiger partial charge is 0.337 e. The van der Waals surface area contributed by atoms with E-state index in [-0.39, 0.29) is 43.8 Å². The van der Waals surface area contributed by atoms with Gasteiger partial charge in [0.05, 0.1) is 16.1 Å². The molecular formula is C25H33ClF2N4O2.